The van der Waals surface area contributed by atoms with E-state index in [2.05, 4.69) is 15.5 Å². The molecule has 1 N–H and O–H groups in total. The molecule has 0 radical (unpaired) electrons. The van der Waals surface area contributed by atoms with Crippen LogP contribution in [0.2, 0.25) is 0 Å². The molecule has 1 amide bonds. The van der Waals surface area contributed by atoms with Gasteiger partial charge in [0.1, 0.15) is 12.4 Å². The molecule has 8 heteroatoms. The number of hydrazone groups is 1. The maximum absolute atomic E-state index is 12.2. The lowest BCUT2D eigenvalue weighted by atomic mass is 10.2. The van der Waals surface area contributed by atoms with Gasteiger partial charge in [-0.05, 0) is 54.1 Å². The molecule has 2 aromatic carbocycles. The van der Waals surface area contributed by atoms with Crippen molar-refractivity contribution in [1.29, 1.82) is 0 Å². The molecule has 2 heterocycles. The molecule has 8 nitrogen and oxygen atoms in total. The van der Waals surface area contributed by atoms with Gasteiger partial charge in [-0.3, -0.25) is 9.78 Å². The number of benzene rings is 2. The van der Waals surface area contributed by atoms with Crippen molar-refractivity contribution in [2.24, 2.45) is 5.10 Å². The van der Waals surface area contributed by atoms with E-state index in [1.165, 1.54) is 12.4 Å². The lowest BCUT2D eigenvalue weighted by Gasteiger charge is -2.24. The minimum atomic E-state index is -0.786. The molecular formula is C22H17N3O5. The van der Waals surface area contributed by atoms with Gasteiger partial charge in [0.2, 0.25) is 6.10 Å². The van der Waals surface area contributed by atoms with E-state index in [1.807, 2.05) is 6.07 Å². The number of hydrogen-bond acceptors (Lipinski definition) is 7. The molecule has 0 bridgehead atoms. The van der Waals surface area contributed by atoms with Gasteiger partial charge in [-0.1, -0.05) is 12.1 Å². The summed E-state index contributed by atoms with van der Waals surface area (Å²) >= 11 is 0. The maximum Gasteiger partial charge on any atom is 0.345 e. The SMILES string of the molecule is O=C(Oc1ccc(C=NNC(=O)[C@H]2COc3ccccc3O2)cc1)c1cccnc1. The molecule has 4 rings (SSSR count). The molecule has 0 unspecified atom stereocenters. The van der Waals surface area contributed by atoms with Gasteiger partial charge in [0.25, 0.3) is 5.91 Å². The number of fused-ring (bicyclic) bond motifs is 1. The van der Waals surface area contributed by atoms with Crippen molar-refractivity contribution in [3.8, 4) is 17.2 Å². The second kappa shape index (κ2) is 8.87. The summed E-state index contributed by atoms with van der Waals surface area (Å²) in [5.41, 5.74) is 3.51. The molecule has 0 fully saturated rings. The van der Waals surface area contributed by atoms with Crippen molar-refractivity contribution in [3.63, 3.8) is 0 Å². The van der Waals surface area contributed by atoms with Crippen LogP contribution in [-0.4, -0.2) is 35.8 Å². The van der Waals surface area contributed by atoms with Crippen LogP contribution in [0.1, 0.15) is 15.9 Å². The van der Waals surface area contributed by atoms with Crippen LogP contribution in [-0.2, 0) is 4.79 Å². The Balaban J connectivity index is 1.29. The second-order valence-electron chi connectivity index (χ2n) is 6.30. The fourth-order valence-corrected chi connectivity index (χ4v) is 2.66. The highest BCUT2D eigenvalue weighted by Crippen LogP contribution is 2.30. The Labute approximate surface area is 172 Å². The number of hydrogen-bond donors (Lipinski definition) is 1. The van der Waals surface area contributed by atoms with Gasteiger partial charge in [-0.2, -0.15) is 5.10 Å². The van der Waals surface area contributed by atoms with Gasteiger partial charge < -0.3 is 14.2 Å². The highest BCUT2D eigenvalue weighted by atomic mass is 16.6. The van der Waals surface area contributed by atoms with Crippen molar-refractivity contribution in [1.82, 2.24) is 10.4 Å². The lowest BCUT2D eigenvalue weighted by Crippen LogP contribution is -2.42. The minimum absolute atomic E-state index is 0.107. The number of carbonyl (C=O) groups is 2. The lowest BCUT2D eigenvalue weighted by molar-refractivity contribution is -0.130. The average Bonchev–Trinajstić information content (AvgIpc) is 2.80. The number of amides is 1. The highest BCUT2D eigenvalue weighted by molar-refractivity contribution is 5.90. The van der Waals surface area contributed by atoms with Crippen LogP contribution in [0.15, 0.2) is 78.2 Å². The summed E-state index contributed by atoms with van der Waals surface area (Å²) in [7, 11) is 0. The summed E-state index contributed by atoms with van der Waals surface area (Å²) < 4.78 is 16.4. The van der Waals surface area contributed by atoms with Gasteiger partial charge in [0.05, 0.1) is 11.8 Å². The average molecular weight is 403 g/mol. The fraction of sp³-hybridized carbons (Fsp3) is 0.0909. The van der Waals surface area contributed by atoms with Gasteiger partial charge in [0, 0.05) is 12.4 Å². The van der Waals surface area contributed by atoms with Gasteiger partial charge >= 0.3 is 5.97 Å². The predicted molar refractivity (Wildman–Crippen MR) is 108 cm³/mol. The topological polar surface area (TPSA) is 99.1 Å². The van der Waals surface area contributed by atoms with Crippen LogP contribution in [0.4, 0.5) is 0 Å². The number of carbonyl (C=O) groups excluding carboxylic acids is 2. The van der Waals surface area contributed by atoms with E-state index in [-0.39, 0.29) is 6.61 Å². The Morgan fingerprint density at radius 2 is 1.87 bits per heavy atom. The molecule has 1 aliphatic rings. The number of aromatic nitrogens is 1. The summed E-state index contributed by atoms with van der Waals surface area (Å²) in [6, 6.07) is 17.1. The zero-order valence-corrected chi connectivity index (χ0v) is 15.7. The monoisotopic (exact) mass is 403 g/mol. The van der Waals surface area contributed by atoms with E-state index >= 15 is 0 Å². The summed E-state index contributed by atoms with van der Waals surface area (Å²) in [5.74, 6) is 0.603. The normalized spacial score (nSPS) is 14.9. The van der Waals surface area contributed by atoms with Crippen LogP contribution in [0.3, 0.4) is 0 Å². The Morgan fingerprint density at radius 3 is 2.63 bits per heavy atom. The van der Waals surface area contributed by atoms with E-state index in [9.17, 15) is 9.59 Å². The third kappa shape index (κ3) is 4.61. The third-order valence-corrected chi connectivity index (χ3v) is 4.18. The fourth-order valence-electron chi connectivity index (χ4n) is 2.66. The molecule has 3 aromatic rings. The summed E-state index contributed by atoms with van der Waals surface area (Å²) in [6.07, 6.45) is 3.70. The number of para-hydroxylation sites is 2. The standard InChI is InChI=1S/C22H17N3O5/c26-21(20-14-28-18-5-1-2-6-19(18)30-20)25-24-12-15-7-9-17(10-8-15)29-22(27)16-4-3-11-23-13-16/h1-13,20H,14H2,(H,25,26)/t20-/m1/s1. The number of nitrogens with one attached hydrogen (secondary N) is 1. The second-order valence-corrected chi connectivity index (χ2v) is 6.30. The van der Waals surface area contributed by atoms with Crippen molar-refractivity contribution >= 4 is 18.1 Å². The quantitative estimate of drug-likeness (QED) is 0.304. The zero-order chi connectivity index (χ0) is 20.8. The third-order valence-electron chi connectivity index (χ3n) is 4.18. The van der Waals surface area contributed by atoms with Crippen LogP contribution in [0.5, 0.6) is 17.2 Å². The van der Waals surface area contributed by atoms with Crippen LogP contribution < -0.4 is 19.6 Å². The Hall–Kier alpha value is -4.20. The number of esters is 1. The molecule has 1 aliphatic heterocycles. The first kappa shape index (κ1) is 19.1. The van der Waals surface area contributed by atoms with E-state index in [4.69, 9.17) is 14.2 Å². The number of ether oxygens (including phenoxy) is 3. The molecule has 30 heavy (non-hydrogen) atoms. The van der Waals surface area contributed by atoms with Crippen LogP contribution in [0.25, 0.3) is 0 Å². The first-order valence-corrected chi connectivity index (χ1v) is 9.13. The Kier molecular flexibility index (Phi) is 5.66. The van der Waals surface area contributed by atoms with Crippen LogP contribution >= 0.6 is 0 Å². The molecular weight excluding hydrogens is 386 g/mol. The van der Waals surface area contributed by atoms with Gasteiger partial charge in [0.15, 0.2) is 11.5 Å². The molecule has 0 saturated heterocycles. The minimum Gasteiger partial charge on any atom is -0.485 e. The van der Waals surface area contributed by atoms with E-state index < -0.39 is 18.0 Å². The number of nitrogens with zero attached hydrogens (tertiary/aromatic N) is 2. The highest BCUT2D eigenvalue weighted by Gasteiger charge is 2.26. The molecule has 0 saturated carbocycles. The first-order chi connectivity index (χ1) is 14.7. The van der Waals surface area contributed by atoms with E-state index in [1.54, 1.807) is 60.8 Å². The Morgan fingerprint density at radius 1 is 1.07 bits per heavy atom. The summed E-state index contributed by atoms with van der Waals surface area (Å²) in [6.45, 7) is 0.107. The smallest absolute Gasteiger partial charge is 0.345 e. The van der Waals surface area contributed by atoms with Crippen molar-refractivity contribution in [2.75, 3.05) is 6.61 Å². The van der Waals surface area contributed by atoms with Gasteiger partial charge in [-0.15, -0.1) is 0 Å². The molecule has 1 aromatic heterocycles. The Bertz CT molecular complexity index is 1070. The summed E-state index contributed by atoms with van der Waals surface area (Å²) in [5, 5.41) is 3.93. The van der Waals surface area contributed by atoms with E-state index in [0.29, 0.717) is 28.4 Å². The zero-order valence-electron chi connectivity index (χ0n) is 15.7. The summed E-state index contributed by atoms with van der Waals surface area (Å²) in [4.78, 5) is 28.1. The molecule has 1 atom stereocenters. The number of rotatable bonds is 5. The van der Waals surface area contributed by atoms with Gasteiger partial charge in [-0.25, -0.2) is 10.2 Å². The van der Waals surface area contributed by atoms with Crippen LogP contribution in [0, 0.1) is 0 Å². The van der Waals surface area contributed by atoms with E-state index in [0.717, 1.165) is 0 Å². The molecule has 150 valence electrons. The number of pyridine rings is 1. The molecule has 0 spiro atoms. The largest absolute Gasteiger partial charge is 0.485 e. The first-order valence-electron chi connectivity index (χ1n) is 9.13. The van der Waals surface area contributed by atoms with Crippen molar-refractivity contribution < 1.29 is 23.8 Å². The maximum atomic E-state index is 12.2. The van der Waals surface area contributed by atoms with Crippen molar-refractivity contribution in [3.05, 3.63) is 84.2 Å². The van der Waals surface area contributed by atoms with Crippen molar-refractivity contribution in [2.45, 2.75) is 6.10 Å². The molecule has 0 aliphatic carbocycles. The predicted octanol–water partition coefficient (Wildman–Crippen LogP) is 2.59.